The third-order valence-corrected chi connectivity index (χ3v) is 4.47. The zero-order chi connectivity index (χ0) is 12.5. The van der Waals surface area contributed by atoms with Crippen LogP contribution in [0.25, 0.3) is 0 Å². The lowest BCUT2D eigenvalue weighted by atomic mass is 9.92. The van der Waals surface area contributed by atoms with Crippen LogP contribution in [0, 0.1) is 11.2 Å². The molecule has 0 aromatic heterocycles. The van der Waals surface area contributed by atoms with Gasteiger partial charge in [0.05, 0.1) is 4.47 Å². The fourth-order valence-electron chi connectivity index (χ4n) is 2.55. The zero-order valence-electron chi connectivity index (χ0n) is 10.4. The zero-order valence-corrected chi connectivity index (χ0v) is 12.0. The first-order valence-corrected chi connectivity index (χ1v) is 6.93. The van der Waals surface area contributed by atoms with Gasteiger partial charge in [0.1, 0.15) is 5.82 Å². The molecule has 1 fully saturated rings. The quantitative estimate of drug-likeness (QED) is 0.879. The van der Waals surface area contributed by atoms with Crippen molar-refractivity contribution in [2.45, 2.75) is 45.7 Å². The summed E-state index contributed by atoms with van der Waals surface area (Å²) in [7, 11) is 0. The average Bonchev–Trinajstić information content (AvgIpc) is 2.61. The second-order valence-corrected chi connectivity index (χ2v) is 6.49. The van der Waals surface area contributed by atoms with E-state index in [4.69, 9.17) is 0 Å². The Morgan fingerprint density at radius 2 is 2.24 bits per heavy atom. The van der Waals surface area contributed by atoms with Gasteiger partial charge in [-0.25, -0.2) is 4.39 Å². The molecule has 3 heteroatoms. The predicted octanol–water partition coefficient (Wildman–Crippen LogP) is 4.26. The Labute approximate surface area is 111 Å². The van der Waals surface area contributed by atoms with Gasteiger partial charge in [-0.05, 0) is 52.2 Å². The Bertz CT molecular complexity index is 403. The summed E-state index contributed by atoms with van der Waals surface area (Å²) in [4.78, 5) is 0. The molecule has 0 radical (unpaired) electrons. The minimum atomic E-state index is -0.184. The summed E-state index contributed by atoms with van der Waals surface area (Å²) in [6.07, 6.45) is 3.70. The third-order valence-electron chi connectivity index (χ3n) is 3.58. The minimum absolute atomic E-state index is 0.184. The number of halogens is 2. The molecule has 0 aliphatic heterocycles. The Morgan fingerprint density at radius 3 is 2.88 bits per heavy atom. The lowest BCUT2D eigenvalue weighted by molar-refractivity contribution is 0.364. The number of nitrogens with one attached hydrogen (secondary N) is 1. The van der Waals surface area contributed by atoms with Gasteiger partial charge in [0.15, 0.2) is 0 Å². The molecule has 2 rings (SSSR count). The van der Waals surface area contributed by atoms with Crippen molar-refractivity contribution in [2.75, 3.05) is 0 Å². The SMILES string of the molecule is CC1(C)CCC(NCc2cccc(F)c2Br)C1. The lowest BCUT2D eigenvalue weighted by Gasteiger charge is -2.18. The first-order chi connectivity index (χ1) is 7.98. The standard InChI is InChI=1S/C14H19BrFN/c1-14(2)7-6-11(8-14)17-9-10-4-3-5-12(16)13(10)15/h3-5,11,17H,6-9H2,1-2H3. The summed E-state index contributed by atoms with van der Waals surface area (Å²) < 4.78 is 13.9. The highest BCUT2D eigenvalue weighted by molar-refractivity contribution is 9.10. The first-order valence-electron chi connectivity index (χ1n) is 6.14. The monoisotopic (exact) mass is 299 g/mol. The van der Waals surface area contributed by atoms with E-state index in [2.05, 4.69) is 35.1 Å². The summed E-state index contributed by atoms with van der Waals surface area (Å²) in [5.74, 6) is -0.184. The lowest BCUT2D eigenvalue weighted by Crippen LogP contribution is -2.27. The van der Waals surface area contributed by atoms with Gasteiger partial charge in [-0.2, -0.15) is 0 Å². The molecule has 0 spiro atoms. The van der Waals surface area contributed by atoms with Gasteiger partial charge in [0.2, 0.25) is 0 Å². The van der Waals surface area contributed by atoms with Crippen molar-refractivity contribution in [3.8, 4) is 0 Å². The average molecular weight is 300 g/mol. The van der Waals surface area contributed by atoms with Gasteiger partial charge >= 0.3 is 0 Å². The van der Waals surface area contributed by atoms with Crippen molar-refractivity contribution in [1.29, 1.82) is 0 Å². The summed E-state index contributed by atoms with van der Waals surface area (Å²) in [5.41, 5.74) is 1.45. The molecule has 94 valence electrons. The van der Waals surface area contributed by atoms with Gasteiger partial charge in [-0.15, -0.1) is 0 Å². The maximum absolute atomic E-state index is 13.3. The van der Waals surface area contributed by atoms with Crippen molar-refractivity contribution in [1.82, 2.24) is 5.32 Å². The van der Waals surface area contributed by atoms with Crippen LogP contribution in [-0.4, -0.2) is 6.04 Å². The van der Waals surface area contributed by atoms with E-state index < -0.39 is 0 Å². The third kappa shape index (κ3) is 3.29. The molecule has 1 unspecified atom stereocenters. The second kappa shape index (κ2) is 5.07. The van der Waals surface area contributed by atoms with Crippen LogP contribution < -0.4 is 5.32 Å². The van der Waals surface area contributed by atoms with Crippen LogP contribution in [-0.2, 0) is 6.54 Å². The molecule has 0 saturated heterocycles. The van der Waals surface area contributed by atoms with Crippen molar-refractivity contribution in [3.63, 3.8) is 0 Å². The number of hydrogen-bond acceptors (Lipinski definition) is 1. The number of hydrogen-bond donors (Lipinski definition) is 1. The Morgan fingerprint density at radius 1 is 1.47 bits per heavy atom. The van der Waals surface area contributed by atoms with E-state index in [1.807, 2.05) is 6.07 Å². The molecule has 0 bridgehead atoms. The molecule has 1 N–H and O–H groups in total. The summed E-state index contributed by atoms with van der Waals surface area (Å²) in [6.45, 7) is 5.36. The second-order valence-electron chi connectivity index (χ2n) is 5.70. The van der Waals surface area contributed by atoms with E-state index in [0.717, 1.165) is 12.1 Å². The Kier molecular flexibility index (Phi) is 3.88. The summed E-state index contributed by atoms with van der Waals surface area (Å²) in [5, 5.41) is 3.52. The van der Waals surface area contributed by atoms with Crippen LogP contribution in [0.1, 0.15) is 38.7 Å². The normalized spacial score (nSPS) is 22.9. The van der Waals surface area contributed by atoms with Crippen molar-refractivity contribution in [2.24, 2.45) is 5.41 Å². The molecule has 0 heterocycles. The predicted molar refractivity (Wildman–Crippen MR) is 72.4 cm³/mol. The van der Waals surface area contributed by atoms with E-state index >= 15 is 0 Å². The molecule has 0 amide bonds. The fraction of sp³-hybridized carbons (Fsp3) is 0.571. The highest BCUT2D eigenvalue weighted by Gasteiger charge is 2.30. The topological polar surface area (TPSA) is 12.0 Å². The van der Waals surface area contributed by atoms with E-state index in [1.165, 1.54) is 25.3 Å². The van der Waals surface area contributed by atoms with Crippen molar-refractivity contribution in [3.05, 3.63) is 34.1 Å². The molecule has 1 nitrogen and oxygen atoms in total. The van der Waals surface area contributed by atoms with Crippen LogP contribution in [0.4, 0.5) is 4.39 Å². The van der Waals surface area contributed by atoms with Gasteiger partial charge in [0, 0.05) is 12.6 Å². The summed E-state index contributed by atoms with van der Waals surface area (Å²) >= 11 is 3.30. The van der Waals surface area contributed by atoms with Crippen LogP contribution in [0.3, 0.4) is 0 Å². The van der Waals surface area contributed by atoms with E-state index in [0.29, 0.717) is 15.9 Å². The van der Waals surface area contributed by atoms with Gasteiger partial charge in [-0.3, -0.25) is 0 Å². The van der Waals surface area contributed by atoms with E-state index in [-0.39, 0.29) is 5.82 Å². The van der Waals surface area contributed by atoms with Gasteiger partial charge in [0.25, 0.3) is 0 Å². The van der Waals surface area contributed by atoms with Gasteiger partial charge in [-0.1, -0.05) is 26.0 Å². The van der Waals surface area contributed by atoms with Crippen LogP contribution in [0.2, 0.25) is 0 Å². The maximum Gasteiger partial charge on any atom is 0.137 e. The largest absolute Gasteiger partial charge is 0.310 e. The number of rotatable bonds is 3. The van der Waals surface area contributed by atoms with Crippen molar-refractivity contribution >= 4 is 15.9 Å². The smallest absolute Gasteiger partial charge is 0.137 e. The molecule has 1 aromatic carbocycles. The number of benzene rings is 1. The Balaban J connectivity index is 1.93. The molecule has 1 atom stereocenters. The maximum atomic E-state index is 13.3. The summed E-state index contributed by atoms with van der Waals surface area (Å²) in [6, 6.07) is 5.77. The fourth-order valence-corrected chi connectivity index (χ4v) is 2.95. The van der Waals surface area contributed by atoms with E-state index in [1.54, 1.807) is 6.07 Å². The molecule has 1 aliphatic carbocycles. The van der Waals surface area contributed by atoms with Crippen LogP contribution in [0.15, 0.2) is 22.7 Å². The molecular weight excluding hydrogens is 281 g/mol. The van der Waals surface area contributed by atoms with Crippen LogP contribution in [0.5, 0.6) is 0 Å². The Hall–Kier alpha value is -0.410. The van der Waals surface area contributed by atoms with Crippen molar-refractivity contribution < 1.29 is 4.39 Å². The van der Waals surface area contributed by atoms with Crippen LogP contribution >= 0.6 is 15.9 Å². The highest BCUT2D eigenvalue weighted by atomic mass is 79.9. The van der Waals surface area contributed by atoms with E-state index in [9.17, 15) is 4.39 Å². The highest BCUT2D eigenvalue weighted by Crippen LogP contribution is 2.37. The van der Waals surface area contributed by atoms with Gasteiger partial charge < -0.3 is 5.32 Å². The molecular formula is C14H19BrFN. The molecule has 1 aliphatic rings. The minimum Gasteiger partial charge on any atom is -0.310 e. The molecule has 1 saturated carbocycles. The first kappa shape index (κ1) is 13.0. The molecule has 1 aromatic rings. The molecule has 17 heavy (non-hydrogen) atoms.